The van der Waals surface area contributed by atoms with Crippen LogP contribution in [0.1, 0.15) is 22.1 Å². The van der Waals surface area contributed by atoms with Crippen molar-refractivity contribution in [2.75, 3.05) is 11.9 Å². The van der Waals surface area contributed by atoms with Crippen molar-refractivity contribution in [1.82, 2.24) is 19.9 Å². The van der Waals surface area contributed by atoms with Gasteiger partial charge in [-0.05, 0) is 35.9 Å². The molecule has 0 aliphatic heterocycles. The Morgan fingerprint density at radius 3 is 2.68 bits per heavy atom. The van der Waals surface area contributed by atoms with Gasteiger partial charge in [-0.3, -0.25) is 4.79 Å². The van der Waals surface area contributed by atoms with Crippen molar-refractivity contribution in [3.05, 3.63) is 102 Å². The lowest BCUT2D eigenvalue weighted by Gasteiger charge is -2.16. The Kier molecular flexibility index (Phi) is 6.26. The summed E-state index contributed by atoms with van der Waals surface area (Å²) in [5, 5.41) is 16.3. The molecule has 156 valence electrons. The van der Waals surface area contributed by atoms with Gasteiger partial charge in [0.1, 0.15) is 17.8 Å². The normalized spacial score (nSPS) is 11.7. The Balaban J connectivity index is 1.49. The van der Waals surface area contributed by atoms with Gasteiger partial charge in [-0.15, -0.1) is 0 Å². The molecule has 2 aromatic carbocycles. The molecule has 0 aliphatic rings. The maximum atomic E-state index is 12.7. The summed E-state index contributed by atoms with van der Waals surface area (Å²) in [5.74, 6) is 0.277. The first-order valence-corrected chi connectivity index (χ1v) is 10.00. The fourth-order valence-corrected chi connectivity index (χ4v) is 3.29. The van der Waals surface area contributed by atoms with Crippen LogP contribution < -0.4 is 10.6 Å². The second-order valence-electron chi connectivity index (χ2n) is 6.82. The van der Waals surface area contributed by atoms with E-state index in [0.717, 1.165) is 11.4 Å². The lowest BCUT2D eigenvalue weighted by molar-refractivity contribution is 0.0911. The average Bonchev–Trinajstić information content (AvgIpc) is 3.29. The number of aromatic nitrogens is 3. The molecule has 1 atom stereocenters. The molecule has 0 saturated heterocycles. The Hall–Kier alpha value is -3.68. The van der Waals surface area contributed by atoms with Gasteiger partial charge in [0.05, 0.1) is 18.3 Å². The van der Waals surface area contributed by atoms with E-state index in [2.05, 4.69) is 20.6 Å². The molecule has 0 radical (unpaired) electrons. The first-order chi connectivity index (χ1) is 15.1. The van der Waals surface area contributed by atoms with Crippen molar-refractivity contribution in [3.63, 3.8) is 0 Å². The fraction of sp³-hybridized carbons (Fsp3) is 0.0870. The zero-order chi connectivity index (χ0) is 21.6. The highest BCUT2D eigenvalue weighted by Crippen LogP contribution is 2.19. The molecule has 8 heteroatoms. The number of aliphatic hydroxyl groups is 1. The predicted octanol–water partition coefficient (Wildman–Crippen LogP) is 4.13. The third kappa shape index (κ3) is 5.09. The summed E-state index contributed by atoms with van der Waals surface area (Å²) in [6.07, 6.45) is 4.87. The number of rotatable bonds is 7. The maximum Gasteiger partial charge on any atom is 0.272 e. The summed E-state index contributed by atoms with van der Waals surface area (Å²) in [6, 6.07) is 19.8. The molecule has 1 amide bonds. The number of amides is 1. The molecule has 0 aliphatic carbocycles. The number of nitrogens with zero attached hydrogens (tertiary/aromatic N) is 3. The highest BCUT2D eigenvalue weighted by atomic mass is 35.5. The molecule has 2 heterocycles. The molecule has 0 fully saturated rings. The van der Waals surface area contributed by atoms with Crippen LogP contribution in [0.15, 0.2) is 85.5 Å². The van der Waals surface area contributed by atoms with Gasteiger partial charge in [-0.1, -0.05) is 41.9 Å². The molecule has 4 aromatic rings. The molecule has 1 unspecified atom stereocenters. The van der Waals surface area contributed by atoms with Crippen LogP contribution in [0, 0.1) is 0 Å². The minimum absolute atomic E-state index is 0.231. The molecule has 0 saturated carbocycles. The van der Waals surface area contributed by atoms with E-state index >= 15 is 0 Å². The lowest BCUT2D eigenvalue weighted by atomic mass is 10.1. The fourth-order valence-electron chi connectivity index (χ4n) is 3.09. The zero-order valence-electron chi connectivity index (χ0n) is 16.4. The minimum atomic E-state index is -0.584. The van der Waals surface area contributed by atoms with Crippen LogP contribution in [0.4, 0.5) is 11.5 Å². The quantitative estimate of drug-likeness (QED) is 0.407. The standard InChI is InChI=1S/C23H20ClN5O2/c24-17-6-4-5-16(11-17)21(14-30)28-23(31)20-13-29(15-26-20)19-9-10-25-22(12-19)27-18-7-2-1-3-8-18/h1-13,15,21,30H,14H2,(H,25,27)(H,28,31). The van der Waals surface area contributed by atoms with Crippen LogP contribution in [-0.4, -0.2) is 32.2 Å². The number of anilines is 2. The van der Waals surface area contributed by atoms with E-state index in [1.807, 2.05) is 42.5 Å². The number of hydrogen-bond donors (Lipinski definition) is 3. The average molecular weight is 434 g/mol. The van der Waals surface area contributed by atoms with Gasteiger partial charge in [-0.2, -0.15) is 0 Å². The highest BCUT2D eigenvalue weighted by molar-refractivity contribution is 6.30. The van der Waals surface area contributed by atoms with Gasteiger partial charge in [0, 0.05) is 29.2 Å². The topological polar surface area (TPSA) is 92.1 Å². The second kappa shape index (κ2) is 9.42. The first-order valence-electron chi connectivity index (χ1n) is 9.62. The summed E-state index contributed by atoms with van der Waals surface area (Å²) in [6.45, 7) is -0.258. The molecule has 3 N–H and O–H groups in total. The number of aliphatic hydroxyl groups excluding tert-OH is 1. The van der Waals surface area contributed by atoms with Crippen LogP contribution in [0.25, 0.3) is 5.69 Å². The molecule has 4 rings (SSSR count). The minimum Gasteiger partial charge on any atom is -0.394 e. The summed E-state index contributed by atoms with van der Waals surface area (Å²) in [7, 11) is 0. The van der Waals surface area contributed by atoms with Crippen LogP contribution in [0.3, 0.4) is 0 Å². The van der Waals surface area contributed by atoms with E-state index < -0.39 is 11.9 Å². The molecular formula is C23H20ClN5O2. The van der Waals surface area contributed by atoms with Gasteiger partial charge >= 0.3 is 0 Å². The lowest BCUT2D eigenvalue weighted by Crippen LogP contribution is -2.31. The number of nitrogens with one attached hydrogen (secondary N) is 2. The van der Waals surface area contributed by atoms with Gasteiger partial charge in [0.15, 0.2) is 0 Å². The van der Waals surface area contributed by atoms with Crippen LogP contribution >= 0.6 is 11.6 Å². The van der Waals surface area contributed by atoms with Gasteiger partial charge in [0.25, 0.3) is 5.91 Å². The zero-order valence-corrected chi connectivity index (χ0v) is 17.2. The summed E-state index contributed by atoms with van der Waals surface area (Å²) < 4.78 is 1.74. The highest BCUT2D eigenvalue weighted by Gasteiger charge is 2.17. The van der Waals surface area contributed by atoms with E-state index in [0.29, 0.717) is 16.4 Å². The van der Waals surface area contributed by atoms with Crippen molar-refractivity contribution >= 4 is 29.0 Å². The Morgan fingerprint density at radius 1 is 1.06 bits per heavy atom. The number of hydrogen-bond acceptors (Lipinski definition) is 5. The third-order valence-electron chi connectivity index (χ3n) is 4.64. The number of halogens is 1. The Labute approximate surface area is 184 Å². The van der Waals surface area contributed by atoms with Crippen LogP contribution in [-0.2, 0) is 0 Å². The van der Waals surface area contributed by atoms with Crippen molar-refractivity contribution in [2.45, 2.75) is 6.04 Å². The smallest absolute Gasteiger partial charge is 0.272 e. The third-order valence-corrected chi connectivity index (χ3v) is 4.88. The van der Waals surface area contributed by atoms with Gasteiger partial charge < -0.3 is 20.3 Å². The summed E-state index contributed by atoms with van der Waals surface area (Å²) in [4.78, 5) is 21.2. The van der Waals surface area contributed by atoms with E-state index in [4.69, 9.17) is 11.6 Å². The van der Waals surface area contributed by atoms with Crippen molar-refractivity contribution < 1.29 is 9.90 Å². The number of benzene rings is 2. The van der Waals surface area contributed by atoms with Crippen LogP contribution in [0.2, 0.25) is 5.02 Å². The first kappa shape index (κ1) is 20.6. The largest absolute Gasteiger partial charge is 0.394 e. The molecule has 7 nitrogen and oxygen atoms in total. The van der Waals surface area contributed by atoms with Crippen molar-refractivity contribution in [1.29, 1.82) is 0 Å². The number of imidazole rings is 1. The van der Waals surface area contributed by atoms with Gasteiger partial charge in [-0.25, -0.2) is 9.97 Å². The number of pyridine rings is 1. The molecule has 0 bridgehead atoms. The van der Waals surface area contributed by atoms with Gasteiger partial charge in [0.2, 0.25) is 0 Å². The maximum absolute atomic E-state index is 12.7. The van der Waals surface area contributed by atoms with E-state index in [1.54, 1.807) is 47.6 Å². The van der Waals surface area contributed by atoms with E-state index in [9.17, 15) is 9.90 Å². The van der Waals surface area contributed by atoms with Crippen molar-refractivity contribution in [3.8, 4) is 5.69 Å². The van der Waals surface area contributed by atoms with E-state index in [-0.39, 0.29) is 12.3 Å². The summed E-state index contributed by atoms with van der Waals surface area (Å²) >= 11 is 6.01. The predicted molar refractivity (Wildman–Crippen MR) is 120 cm³/mol. The molecule has 31 heavy (non-hydrogen) atoms. The number of carbonyl (C=O) groups is 1. The monoisotopic (exact) mass is 433 g/mol. The Bertz CT molecular complexity index is 1180. The Morgan fingerprint density at radius 2 is 1.90 bits per heavy atom. The molecule has 2 aromatic heterocycles. The summed E-state index contributed by atoms with van der Waals surface area (Å²) in [5.41, 5.74) is 2.67. The van der Waals surface area contributed by atoms with Crippen molar-refractivity contribution in [2.24, 2.45) is 0 Å². The SMILES string of the molecule is O=C(NC(CO)c1cccc(Cl)c1)c1cn(-c2ccnc(Nc3ccccc3)c2)cn1. The molecule has 0 spiro atoms. The molecular weight excluding hydrogens is 414 g/mol. The second-order valence-corrected chi connectivity index (χ2v) is 7.26. The van der Waals surface area contributed by atoms with E-state index in [1.165, 1.54) is 0 Å². The number of carbonyl (C=O) groups excluding carboxylic acids is 1. The number of para-hydroxylation sites is 1. The van der Waals surface area contributed by atoms with Crippen LogP contribution in [0.5, 0.6) is 0 Å².